The van der Waals surface area contributed by atoms with Crippen molar-refractivity contribution in [1.29, 1.82) is 0 Å². The number of nitrogens with one attached hydrogen (secondary N) is 3. The van der Waals surface area contributed by atoms with Crippen molar-refractivity contribution in [3.8, 4) is 5.75 Å². The molecule has 0 amide bonds. The molecule has 1 aromatic heterocycles. The van der Waals surface area contributed by atoms with Crippen LogP contribution in [0.4, 0.5) is 49.6 Å². The fraction of sp³-hybridized carbons (Fsp3) is 0.111. The maximum absolute atomic E-state index is 13.3. The summed E-state index contributed by atoms with van der Waals surface area (Å²) >= 11 is 0. The summed E-state index contributed by atoms with van der Waals surface area (Å²) in [6.07, 6.45) is -7.22. The van der Waals surface area contributed by atoms with Gasteiger partial charge in [-0.2, -0.15) is 46.5 Å². The van der Waals surface area contributed by atoms with Crippen LogP contribution in [0.25, 0.3) is 0 Å². The first kappa shape index (κ1) is 28.9. The molecule has 0 bridgehead atoms. The molecule has 0 atom stereocenters. The second-order valence-electron chi connectivity index (χ2n) is 8.20. The van der Waals surface area contributed by atoms with Crippen LogP contribution in [0.2, 0.25) is 0 Å². The highest BCUT2D eigenvalue weighted by Gasteiger charge is 2.33. The van der Waals surface area contributed by atoms with Gasteiger partial charge in [0.25, 0.3) is 0 Å². The predicted octanol–water partition coefficient (Wildman–Crippen LogP) is 7.16. The first-order valence-electron chi connectivity index (χ1n) is 11.7. The monoisotopic (exact) mass is 573 g/mol. The van der Waals surface area contributed by atoms with Gasteiger partial charge in [-0.1, -0.05) is 48.5 Å². The molecule has 4 aromatic rings. The van der Waals surface area contributed by atoms with E-state index in [-0.39, 0.29) is 28.7 Å². The Kier molecular flexibility index (Phi) is 8.70. The summed E-state index contributed by atoms with van der Waals surface area (Å²) in [6, 6.07) is 18.1. The third-order valence-corrected chi connectivity index (χ3v) is 5.38. The van der Waals surface area contributed by atoms with Gasteiger partial charge in [0.15, 0.2) is 5.82 Å². The molecule has 0 fully saturated rings. The number of hydrazone groups is 2. The van der Waals surface area contributed by atoms with Crippen LogP contribution in [0.15, 0.2) is 89.1 Å². The number of aromatic nitrogens is 2. The zero-order chi connectivity index (χ0) is 29.5. The third kappa shape index (κ3) is 7.71. The van der Waals surface area contributed by atoms with E-state index in [4.69, 9.17) is 4.74 Å². The number of methoxy groups -OCH3 is 1. The van der Waals surface area contributed by atoms with E-state index in [1.54, 1.807) is 24.3 Å². The van der Waals surface area contributed by atoms with Crippen LogP contribution < -0.4 is 20.9 Å². The van der Waals surface area contributed by atoms with Gasteiger partial charge < -0.3 is 10.1 Å². The highest BCUT2D eigenvalue weighted by atomic mass is 19.4. The lowest BCUT2D eigenvalue weighted by molar-refractivity contribution is -0.138. The zero-order valence-electron chi connectivity index (χ0n) is 21.1. The Balaban J connectivity index is 1.62. The second kappa shape index (κ2) is 12.4. The summed E-state index contributed by atoms with van der Waals surface area (Å²) in [5, 5.41) is 10.7. The lowest BCUT2D eigenvalue weighted by Gasteiger charge is -2.12. The molecular weight excluding hydrogens is 552 g/mol. The molecule has 0 unspecified atom stereocenters. The van der Waals surface area contributed by atoms with E-state index in [0.29, 0.717) is 11.4 Å². The summed E-state index contributed by atoms with van der Waals surface area (Å²) in [4.78, 5) is 8.40. The molecule has 0 saturated carbocycles. The van der Waals surface area contributed by atoms with E-state index in [2.05, 4.69) is 36.3 Å². The molecule has 0 aliphatic heterocycles. The van der Waals surface area contributed by atoms with Gasteiger partial charge in [-0.05, 0) is 24.3 Å². The lowest BCUT2D eigenvalue weighted by Crippen LogP contribution is -2.09. The standard InChI is InChI=1S/C27H21F6N7O/c1-41-22-13-7-6-12-21(22)36-23-14-24(39-34-15-17-8-2-4-10-19(17)26(28,29)30)38-25(37-23)40-35-16-18-9-3-5-11-20(18)27(31,32)33/h2-16H,1H3,(H3,36,37,38,39,40). The maximum Gasteiger partial charge on any atom is 0.417 e. The predicted molar refractivity (Wildman–Crippen MR) is 144 cm³/mol. The fourth-order valence-electron chi connectivity index (χ4n) is 3.57. The third-order valence-electron chi connectivity index (χ3n) is 5.38. The molecule has 4 rings (SSSR count). The van der Waals surface area contributed by atoms with Crippen molar-refractivity contribution in [2.24, 2.45) is 10.2 Å². The summed E-state index contributed by atoms with van der Waals surface area (Å²) in [7, 11) is 1.47. The molecule has 0 aliphatic carbocycles. The fourth-order valence-corrected chi connectivity index (χ4v) is 3.57. The molecule has 0 spiro atoms. The molecule has 14 heteroatoms. The summed E-state index contributed by atoms with van der Waals surface area (Å²) in [5.74, 6) is 0.551. The maximum atomic E-state index is 13.3. The summed E-state index contributed by atoms with van der Waals surface area (Å²) in [6.45, 7) is 0. The molecule has 3 N–H and O–H groups in total. The van der Waals surface area contributed by atoms with Crippen molar-refractivity contribution in [3.63, 3.8) is 0 Å². The molecule has 212 valence electrons. The minimum Gasteiger partial charge on any atom is -0.495 e. The molecule has 3 aromatic carbocycles. The van der Waals surface area contributed by atoms with E-state index in [9.17, 15) is 26.3 Å². The average Bonchev–Trinajstić information content (AvgIpc) is 2.93. The van der Waals surface area contributed by atoms with E-state index >= 15 is 0 Å². The Labute approximate surface area is 229 Å². The number of halogens is 6. The van der Waals surface area contributed by atoms with Gasteiger partial charge in [-0.25, -0.2) is 5.43 Å². The van der Waals surface area contributed by atoms with Crippen molar-refractivity contribution < 1.29 is 31.1 Å². The Morgan fingerprint density at radius 3 is 1.78 bits per heavy atom. The van der Waals surface area contributed by atoms with E-state index in [0.717, 1.165) is 24.6 Å². The molecule has 0 radical (unpaired) electrons. The topological polar surface area (TPSA) is 95.8 Å². The number of nitrogens with zero attached hydrogens (tertiary/aromatic N) is 4. The van der Waals surface area contributed by atoms with Gasteiger partial charge in [0.05, 0.1) is 36.4 Å². The smallest absolute Gasteiger partial charge is 0.417 e. The van der Waals surface area contributed by atoms with Gasteiger partial charge in [0, 0.05) is 17.2 Å². The van der Waals surface area contributed by atoms with Gasteiger partial charge in [-0.15, -0.1) is 0 Å². The van der Waals surface area contributed by atoms with Crippen LogP contribution in [0.1, 0.15) is 22.3 Å². The number of anilines is 4. The van der Waals surface area contributed by atoms with Crippen molar-refractivity contribution in [1.82, 2.24) is 9.97 Å². The number of benzene rings is 3. The number of hydrogen-bond acceptors (Lipinski definition) is 8. The van der Waals surface area contributed by atoms with Gasteiger partial charge >= 0.3 is 12.4 Å². The number of para-hydroxylation sites is 2. The van der Waals surface area contributed by atoms with Crippen LogP contribution in [-0.2, 0) is 12.4 Å². The van der Waals surface area contributed by atoms with Crippen molar-refractivity contribution in [2.45, 2.75) is 12.4 Å². The second-order valence-corrected chi connectivity index (χ2v) is 8.20. The quantitative estimate of drug-likeness (QED) is 0.112. The molecule has 0 saturated heterocycles. The number of ether oxygens (including phenoxy) is 1. The summed E-state index contributed by atoms with van der Waals surface area (Å²) < 4.78 is 85.1. The molecule has 41 heavy (non-hydrogen) atoms. The molecular formula is C27H21F6N7O. The van der Waals surface area contributed by atoms with E-state index in [1.807, 2.05) is 0 Å². The van der Waals surface area contributed by atoms with Gasteiger partial charge in [0.2, 0.25) is 5.95 Å². The number of alkyl halides is 6. The van der Waals surface area contributed by atoms with Crippen molar-refractivity contribution >= 4 is 35.7 Å². The Morgan fingerprint density at radius 2 is 1.20 bits per heavy atom. The normalized spacial score (nSPS) is 12.1. The minimum atomic E-state index is -4.59. The molecule has 1 heterocycles. The Hall–Kier alpha value is -5.14. The van der Waals surface area contributed by atoms with Crippen LogP contribution in [0.5, 0.6) is 5.75 Å². The SMILES string of the molecule is COc1ccccc1Nc1cc(NN=Cc2ccccc2C(F)(F)F)nc(NN=Cc2ccccc2C(F)(F)F)n1. The summed E-state index contributed by atoms with van der Waals surface area (Å²) in [5.41, 5.74) is 3.41. The van der Waals surface area contributed by atoms with E-state index < -0.39 is 23.5 Å². The minimum absolute atomic E-state index is 0.0338. The Morgan fingerprint density at radius 1 is 0.683 bits per heavy atom. The average molecular weight is 574 g/mol. The first-order valence-corrected chi connectivity index (χ1v) is 11.7. The van der Waals surface area contributed by atoms with Crippen LogP contribution in [-0.4, -0.2) is 29.5 Å². The van der Waals surface area contributed by atoms with Crippen LogP contribution in [0, 0.1) is 0 Å². The van der Waals surface area contributed by atoms with E-state index in [1.165, 1.54) is 49.6 Å². The van der Waals surface area contributed by atoms with Gasteiger partial charge in [-0.3, -0.25) is 5.43 Å². The lowest BCUT2D eigenvalue weighted by atomic mass is 10.1. The van der Waals surface area contributed by atoms with Crippen molar-refractivity contribution in [3.05, 3.63) is 101 Å². The van der Waals surface area contributed by atoms with Gasteiger partial charge in [0.1, 0.15) is 11.6 Å². The first-order chi connectivity index (χ1) is 19.5. The number of hydrogen-bond donors (Lipinski definition) is 3. The number of rotatable bonds is 9. The highest BCUT2D eigenvalue weighted by molar-refractivity contribution is 5.83. The Bertz CT molecular complexity index is 1470. The van der Waals surface area contributed by atoms with Crippen molar-refractivity contribution in [2.75, 3.05) is 23.3 Å². The van der Waals surface area contributed by atoms with Crippen LogP contribution in [0.3, 0.4) is 0 Å². The van der Waals surface area contributed by atoms with Crippen LogP contribution >= 0.6 is 0 Å². The molecule has 0 aliphatic rings. The highest BCUT2D eigenvalue weighted by Crippen LogP contribution is 2.32. The zero-order valence-corrected chi connectivity index (χ0v) is 21.1. The largest absolute Gasteiger partial charge is 0.495 e. The molecule has 8 nitrogen and oxygen atoms in total.